The summed E-state index contributed by atoms with van der Waals surface area (Å²) in [5.41, 5.74) is -1.03. The lowest BCUT2D eigenvalue weighted by Crippen LogP contribution is -2.21. The molecule has 0 atom stereocenters. The van der Waals surface area contributed by atoms with Crippen LogP contribution in [0.25, 0.3) is 0 Å². The van der Waals surface area contributed by atoms with Crippen LogP contribution in [-0.4, -0.2) is 14.4 Å². The summed E-state index contributed by atoms with van der Waals surface area (Å²) >= 11 is 0. The van der Waals surface area contributed by atoms with Crippen LogP contribution < -0.4 is 15.4 Å². The highest BCUT2D eigenvalue weighted by Gasteiger charge is 2.30. The third kappa shape index (κ3) is 5.55. The maximum absolute atomic E-state index is 12.9. The predicted molar refractivity (Wildman–Crippen MR) is 112 cm³/mol. The number of benzene rings is 3. The summed E-state index contributed by atoms with van der Waals surface area (Å²) in [6.45, 7) is 0. The Labute approximate surface area is 181 Å². The van der Waals surface area contributed by atoms with Crippen LogP contribution in [0.15, 0.2) is 77.7 Å². The van der Waals surface area contributed by atoms with Crippen LogP contribution in [0.4, 0.5) is 35.0 Å². The number of anilines is 3. The number of hydrogen-bond acceptors (Lipinski definition) is 4. The molecule has 2 amide bonds. The summed E-state index contributed by atoms with van der Waals surface area (Å²) in [6.07, 6.45) is -4.58. The Morgan fingerprint density at radius 1 is 0.875 bits per heavy atom. The molecule has 0 aliphatic carbocycles. The average Bonchev–Trinajstić information content (AvgIpc) is 2.75. The minimum absolute atomic E-state index is 0.00650. The molecule has 0 saturated heterocycles. The van der Waals surface area contributed by atoms with E-state index >= 15 is 0 Å². The molecule has 0 saturated carbocycles. The van der Waals surface area contributed by atoms with Crippen LogP contribution in [0, 0.1) is 11.3 Å². The van der Waals surface area contributed by atoms with Gasteiger partial charge in [0.15, 0.2) is 0 Å². The summed E-state index contributed by atoms with van der Waals surface area (Å²) in [7, 11) is -4.03. The van der Waals surface area contributed by atoms with E-state index in [2.05, 4.69) is 15.4 Å². The van der Waals surface area contributed by atoms with Crippen molar-refractivity contribution in [2.24, 2.45) is 0 Å². The van der Waals surface area contributed by atoms with Crippen molar-refractivity contribution in [2.75, 3.05) is 15.4 Å². The first-order chi connectivity index (χ1) is 15.1. The number of sulfonamides is 1. The van der Waals surface area contributed by atoms with Crippen molar-refractivity contribution in [3.63, 3.8) is 0 Å². The largest absolute Gasteiger partial charge is 0.416 e. The number of carbonyl (C=O) groups is 1. The van der Waals surface area contributed by atoms with E-state index in [9.17, 15) is 26.4 Å². The number of urea groups is 1. The van der Waals surface area contributed by atoms with E-state index in [0.717, 1.165) is 18.2 Å². The molecule has 3 N–H and O–H groups in total. The zero-order valence-corrected chi connectivity index (χ0v) is 17.0. The smallest absolute Gasteiger partial charge is 0.308 e. The molecular formula is C21H15F3N4O3S. The molecule has 0 heterocycles. The van der Waals surface area contributed by atoms with Gasteiger partial charge in [-0.25, -0.2) is 13.2 Å². The first-order valence-corrected chi connectivity index (χ1v) is 10.4. The second-order valence-electron chi connectivity index (χ2n) is 6.45. The van der Waals surface area contributed by atoms with Gasteiger partial charge in [0.1, 0.15) is 0 Å². The van der Waals surface area contributed by atoms with Crippen LogP contribution >= 0.6 is 0 Å². The van der Waals surface area contributed by atoms with Crippen LogP contribution in [0.1, 0.15) is 11.1 Å². The van der Waals surface area contributed by atoms with Gasteiger partial charge >= 0.3 is 12.2 Å². The van der Waals surface area contributed by atoms with E-state index in [1.165, 1.54) is 48.5 Å². The Kier molecular flexibility index (Phi) is 6.36. The number of amides is 2. The van der Waals surface area contributed by atoms with Crippen molar-refractivity contribution in [1.82, 2.24) is 0 Å². The number of rotatable bonds is 5. The Bertz CT molecular complexity index is 1290. The molecular weight excluding hydrogens is 445 g/mol. The number of halogens is 3. The lowest BCUT2D eigenvalue weighted by atomic mass is 10.2. The highest BCUT2D eigenvalue weighted by atomic mass is 32.2. The third-order valence-electron chi connectivity index (χ3n) is 4.14. The fraction of sp³-hybridized carbons (Fsp3) is 0.0476. The molecule has 0 aliphatic rings. The van der Waals surface area contributed by atoms with E-state index in [0.29, 0.717) is 0 Å². The summed E-state index contributed by atoms with van der Waals surface area (Å²) in [5.74, 6) is 0. The van der Waals surface area contributed by atoms with Gasteiger partial charge in [0.2, 0.25) is 0 Å². The number of alkyl halides is 3. The van der Waals surface area contributed by atoms with Crippen molar-refractivity contribution < 1.29 is 26.4 Å². The van der Waals surface area contributed by atoms with Gasteiger partial charge in [-0.15, -0.1) is 0 Å². The SMILES string of the molecule is N#Cc1ccc(NC(=O)Nc2cccc(C(F)(F)F)c2)c(NS(=O)(=O)c2ccccc2)c1. The third-order valence-corrected chi connectivity index (χ3v) is 5.52. The summed E-state index contributed by atoms with van der Waals surface area (Å²) in [6, 6.07) is 16.3. The molecule has 0 unspecified atom stereocenters. The number of carbonyl (C=O) groups excluding carboxylic acids is 1. The monoisotopic (exact) mass is 460 g/mol. The zero-order valence-electron chi connectivity index (χ0n) is 16.1. The second kappa shape index (κ2) is 8.99. The van der Waals surface area contributed by atoms with Crippen LogP contribution in [-0.2, 0) is 16.2 Å². The molecule has 0 aliphatic heterocycles. The molecule has 0 bridgehead atoms. The van der Waals surface area contributed by atoms with Crippen LogP contribution in [0.2, 0.25) is 0 Å². The van der Waals surface area contributed by atoms with Crippen LogP contribution in [0.5, 0.6) is 0 Å². The Morgan fingerprint density at radius 2 is 1.59 bits per heavy atom. The average molecular weight is 460 g/mol. The molecule has 164 valence electrons. The molecule has 11 heteroatoms. The topological polar surface area (TPSA) is 111 Å². The lowest BCUT2D eigenvalue weighted by molar-refractivity contribution is -0.137. The number of nitrogens with one attached hydrogen (secondary N) is 3. The van der Waals surface area contributed by atoms with Crippen molar-refractivity contribution in [1.29, 1.82) is 5.26 Å². The number of nitrogens with zero attached hydrogens (tertiary/aromatic N) is 1. The van der Waals surface area contributed by atoms with Gasteiger partial charge in [-0.1, -0.05) is 24.3 Å². The number of nitriles is 1. The van der Waals surface area contributed by atoms with Gasteiger partial charge in [0, 0.05) is 5.69 Å². The highest BCUT2D eigenvalue weighted by Crippen LogP contribution is 2.31. The van der Waals surface area contributed by atoms with Crippen molar-refractivity contribution >= 4 is 33.1 Å². The lowest BCUT2D eigenvalue weighted by Gasteiger charge is -2.15. The Balaban J connectivity index is 1.84. The van der Waals surface area contributed by atoms with Gasteiger partial charge < -0.3 is 10.6 Å². The second-order valence-corrected chi connectivity index (χ2v) is 8.13. The maximum atomic E-state index is 12.9. The van der Waals surface area contributed by atoms with Crippen molar-refractivity contribution in [3.05, 3.63) is 83.9 Å². The van der Waals surface area contributed by atoms with E-state index in [4.69, 9.17) is 5.26 Å². The molecule has 0 spiro atoms. The summed E-state index contributed by atoms with van der Waals surface area (Å²) in [4.78, 5) is 12.3. The van der Waals surface area contributed by atoms with Crippen LogP contribution in [0.3, 0.4) is 0 Å². The summed E-state index contributed by atoms with van der Waals surface area (Å²) < 4.78 is 66.1. The minimum atomic E-state index is -4.58. The first kappa shape index (κ1) is 22.6. The minimum Gasteiger partial charge on any atom is -0.308 e. The molecule has 0 fully saturated rings. The molecule has 3 aromatic rings. The molecule has 0 radical (unpaired) electrons. The molecule has 3 aromatic carbocycles. The fourth-order valence-electron chi connectivity index (χ4n) is 2.67. The van der Waals surface area contributed by atoms with Gasteiger partial charge in [-0.2, -0.15) is 18.4 Å². The molecule has 7 nitrogen and oxygen atoms in total. The van der Waals surface area contributed by atoms with E-state index in [-0.39, 0.29) is 27.5 Å². The normalized spacial score (nSPS) is 11.3. The quantitative estimate of drug-likeness (QED) is 0.496. The van der Waals surface area contributed by atoms with Crippen molar-refractivity contribution in [3.8, 4) is 6.07 Å². The highest BCUT2D eigenvalue weighted by molar-refractivity contribution is 7.92. The standard InChI is InChI=1S/C21H15F3N4O3S/c22-21(23,24)15-5-4-6-16(12-15)26-20(29)27-18-10-9-14(13-25)11-19(18)28-32(30,31)17-7-2-1-3-8-17/h1-12,28H,(H2,26,27,29). The van der Waals surface area contributed by atoms with E-state index < -0.39 is 27.8 Å². The fourth-order valence-corrected chi connectivity index (χ4v) is 3.76. The molecule has 3 rings (SSSR count). The Morgan fingerprint density at radius 3 is 2.25 bits per heavy atom. The molecule has 32 heavy (non-hydrogen) atoms. The predicted octanol–water partition coefficient (Wildman–Crippen LogP) is 5.02. The van der Waals surface area contributed by atoms with Gasteiger partial charge in [0.25, 0.3) is 10.0 Å². The maximum Gasteiger partial charge on any atom is 0.416 e. The van der Waals surface area contributed by atoms with E-state index in [1.807, 2.05) is 6.07 Å². The summed E-state index contributed by atoms with van der Waals surface area (Å²) in [5, 5.41) is 13.8. The number of hydrogen-bond donors (Lipinski definition) is 3. The van der Waals surface area contributed by atoms with Gasteiger partial charge in [0.05, 0.1) is 33.5 Å². The Hall–Kier alpha value is -4.04. The van der Waals surface area contributed by atoms with Gasteiger partial charge in [-0.05, 0) is 48.5 Å². The molecule has 0 aromatic heterocycles. The van der Waals surface area contributed by atoms with Crippen molar-refractivity contribution in [2.45, 2.75) is 11.1 Å². The van der Waals surface area contributed by atoms with Gasteiger partial charge in [-0.3, -0.25) is 4.72 Å². The first-order valence-electron chi connectivity index (χ1n) is 8.96. The van der Waals surface area contributed by atoms with E-state index in [1.54, 1.807) is 6.07 Å². The zero-order chi connectivity index (χ0) is 23.4.